The van der Waals surface area contributed by atoms with Gasteiger partial charge in [-0.05, 0) is 62.0 Å². The molecular weight excluding hydrogens is 344 g/mol. The fourth-order valence-corrected chi connectivity index (χ4v) is 6.40. The highest BCUT2D eigenvalue weighted by Crippen LogP contribution is 2.67. The van der Waals surface area contributed by atoms with E-state index in [1.807, 2.05) is 0 Å². The lowest BCUT2D eigenvalue weighted by Gasteiger charge is -2.64. The van der Waals surface area contributed by atoms with Crippen LogP contribution in [0.25, 0.3) is 0 Å². The number of amides is 2. The molecule has 6 nitrogen and oxygen atoms in total. The molecule has 0 radical (unpaired) electrons. The third-order valence-electron chi connectivity index (χ3n) is 7.09. The molecule has 4 bridgehead atoms. The van der Waals surface area contributed by atoms with Crippen LogP contribution in [0.4, 0.5) is 0 Å². The molecule has 0 aliphatic heterocycles. The van der Waals surface area contributed by atoms with Crippen LogP contribution in [0.2, 0.25) is 0 Å². The summed E-state index contributed by atoms with van der Waals surface area (Å²) < 4.78 is 5.58. The van der Waals surface area contributed by atoms with Crippen molar-refractivity contribution in [1.29, 1.82) is 0 Å². The molecule has 5 rings (SSSR count). The number of hydrogen-bond acceptors (Lipinski definition) is 4. The summed E-state index contributed by atoms with van der Waals surface area (Å²) >= 11 is 0. The van der Waals surface area contributed by atoms with E-state index in [0.29, 0.717) is 18.1 Å². The Morgan fingerprint density at radius 2 is 2.00 bits per heavy atom. The van der Waals surface area contributed by atoms with E-state index in [-0.39, 0.29) is 29.5 Å². The van der Waals surface area contributed by atoms with Crippen molar-refractivity contribution in [3.63, 3.8) is 0 Å². The minimum absolute atomic E-state index is 0.0275. The minimum atomic E-state index is -0.678. The number of carbonyl (C=O) groups excluding carboxylic acids is 2. The van der Waals surface area contributed by atoms with E-state index in [2.05, 4.69) is 12.2 Å². The average molecular weight is 374 g/mol. The molecule has 4 unspecified atom stereocenters. The Morgan fingerprint density at radius 1 is 1.22 bits per heavy atom. The topological polar surface area (TPSA) is 82.8 Å². The van der Waals surface area contributed by atoms with Crippen LogP contribution in [0.5, 0.6) is 0 Å². The molecule has 1 aromatic rings. The van der Waals surface area contributed by atoms with Gasteiger partial charge in [0.25, 0.3) is 5.91 Å². The van der Waals surface area contributed by atoms with Crippen molar-refractivity contribution in [2.75, 3.05) is 14.1 Å². The molecule has 6 heteroatoms. The van der Waals surface area contributed by atoms with Gasteiger partial charge in [0.1, 0.15) is 5.76 Å². The van der Waals surface area contributed by atoms with Gasteiger partial charge in [-0.15, -0.1) is 0 Å². The van der Waals surface area contributed by atoms with Gasteiger partial charge in [0, 0.05) is 14.1 Å². The van der Waals surface area contributed by atoms with Gasteiger partial charge in [-0.25, -0.2) is 0 Å². The first kappa shape index (κ1) is 18.5. The average Bonchev–Trinajstić information content (AvgIpc) is 3.05. The molecule has 148 valence electrons. The number of furan rings is 1. The van der Waals surface area contributed by atoms with Crippen molar-refractivity contribution in [3.05, 3.63) is 23.7 Å². The Bertz CT molecular complexity index is 772. The van der Waals surface area contributed by atoms with Gasteiger partial charge in [0.15, 0.2) is 5.76 Å². The van der Waals surface area contributed by atoms with Crippen LogP contribution in [-0.2, 0) is 11.3 Å². The lowest BCUT2D eigenvalue weighted by Crippen LogP contribution is -2.63. The van der Waals surface area contributed by atoms with Crippen LogP contribution in [-0.4, -0.2) is 41.5 Å². The van der Waals surface area contributed by atoms with Crippen LogP contribution in [0.3, 0.4) is 0 Å². The summed E-state index contributed by atoms with van der Waals surface area (Å²) in [4.78, 5) is 26.6. The first-order valence-electron chi connectivity index (χ1n) is 9.99. The summed E-state index contributed by atoms with van der Waals surface area (Å²) in [5, 5.41) is 14.1. The van der Waals surface area contributed by atoms with Crippen LogP contribution >= 0.6 is 0 Å². The predicted octanol–water partition coefficient (Wildman–Crippen LogP) is 2.71. The van der Waals surface area contributed by atoms with E-state index in [9.17, 15) is 14.7 Å². The quantitative estimate of drug-likeness (QED) is 0.830. The monoisotopic (exact) mass is 374 g/mol. The second-order valence-corrected chi connectivity index (χ2v) is 9.52. The Labute approximate surface area is 160 Å². The molecule has 4 aliphatic carbocycles. The Balaban J connectivity index is 1.47. The summed E-state index contributed by atoms with van der Waals surface area (Å²) in [6.07, 6.45) is 6.19. The number of nitrogens with one attached hydrogen (secondary N) is 1. The molecule has 0 spiro atoms. The highest BCUT2D eigenvalue weighted by molar-refractivity contribution is 5.91. The lowest BCUT2D eigenvalue weighted by molar-refractivity contribution is -0.204. The third kappa shape index (κ3) is 3.08. The maximum atomic E-state index is 13.2. The van der Waals surface area contributed by atoms with Crippen molar-refractivity contribution >= 4 is 11.8 Å². The van der Waals surface area contributed by atoms with Crippen LogP contribution in [0, 0.1) is 16.7 Å². The van der Waals surface area contributed by atoms with Crippen LogP contribution in [0.15, 0.2) is 16.5 Å². The molecule has 0 saturated heterocycles. The Hall–Kier alpha value is -1.82. The fraction of sp³-hybridized carbons (Fsp3) is 0.714. The standard InChI is InChI=1S/C21H30N2O4/c1-4-19-7-14-8-20(11-19,13-21(26,9-14)12-19)18(25)22-10-15-5-6-16(27-15)17(24)23(2)3/h5-6,14,26H,4,7-13H2,1-3H3,(H,22,25). The molecular formula is C21H30N2O4. The van der Waals surface area contributed by atoms with Crippen molar-refractivity contribution in [3.8, 4) is 0 Å². The third-order valence-corrected chi connectivity index (χ3v) is 7.09. The minimum Gasteiger partial charge on any atom is -0.454 e. The van der Waals surface area contributed by atoms with E-state index in [4.69, 9.17) is 4.42 Å². The highest BCUT2D eigenvalue weighted by atomic mass is 16.4. The summed E-state index contributed by atoms with van der Waals surface area (Å²) in [7, 11) is 3.35. The highest BCUT2D eigenvalue weighted by Gasteiger charge is 2.64. The first-order valence-corrected chi connectivity index (χ1v) is 9.99. The maximum absolute atomic E-state index is 13.2. The van der Waals surface area contributed by atoms with E-state index in [0.717, 1.165) is 38.5 Å². The largest absolute Gasteiger partial charge is 0.454 e. The van der Waals surface area contributed by atoms with E-state index in [1.54, 1.807) is 26.2 Å². The summed E-state index contributed by atoms with van der Waals surface area (Å²) in [6, 6.07) is 3.38. The van der Waals surface area contributed by atoms with Gasteiger partial charge in [-0.2, -0.15) is 0 Å². The zero-order valence-electron chi connectivity index (χ0n) is 16.5. The van der Waals surface area contributed by atoms with Crippen molar-refractivity contribution in [2.45, 2.75) is 64.0 Å². The fourth-order valence-electron chi connectivity index (χ4n) is 6.40. The van der Waals surface area contributed by atoms with Crippen molar-refractivity contribution in [2.24, 2.45) is 16.7 Å². The number of carbonyl (C=O) groups is 2. The van der Waals surface area contributed by atoms with Gasteiger partial charge in [-0.1, -0.05) is 13.3 Å². The number of aliphatic hydroxyl groups is 1. The molecule has 4 atom stereocenters. The van der Waals surface area contributed by atoms with Gasteiger partial charge in [-0.3, -0.25) is 9.59 Å². The van der Waals surface area contributed by atoms with E-state index in [1.165, 1.54) is 4.90 Å². The zero-order chi connectivity index (χ0) is 19.4. The molecule has 4 aliphatic rings. The van der Waals surface area contributed by atoms with Crippen LogP contribution in [0.1, 0.15) is 68.2 Å². The second kappa shape index (κ2) is 6.09. The SMILES string of the molecule is CCC12CC3CC(O)(C1)CC(C(=O)NCc1ccc(C(=O)N(C)C)o1)(C3)C2. The number of nitrogens with zero attached hydrogens (tertiary/aromatic N) is 1. The molecule has 2 amide bonds. The van der Waals surface area contributed by atoms with Crippen LogP contribution < -0.4 is 5.32 Å². The predicted molar refractivity (Wildman–Crippen MR) is 99.9 cm³/mol. The van der Waals surface area contributed by atoms with Gasteiger partial charge in [0.05, 0.1) is 17.6 Å². The molecule has 1 aromatic heterocycles. The van der Waals surface area contributed by atoms with E-state index < -0.39 is 11.0 Å². The number of hydrogen-bond donors (Lipinski definition) is 2. The molecule has 4 fully saturated rings. The van der Waals surface area contributed by atoms with E-state index >= 15 is 0 Å². The normalized spacial score (nSPS) is 36.7. The zero-order valence-corrected chi connectivity index (χ0v) is 16.5. The molecule has 2 N–H and O–H groups in total. The van der Waals surface area contributed by atoms with Gasteiger partial charge < -0.3 is 19.7 Å². The summed E-state index contributed by atoms with van der Waals surface area (Å²) in [5.74, 6) is 1.13. The first-order chi connectivity index (χ1) is 12.7. The summed E-state index contributed by atoms with van der Waals surface area (Å²) in [5.41, 5.74) is -1.02. The Morgan fingerprint density at radius 3 is 2.67 bits per heavy atom. The molecule has 27 heavy (non-hydrogen) atoms. The second-order valence-electron chi connectivity index (χ2n) is 9.52. The Kier molecular flexibility index (Phi) is 4.18. The van der Waals surface area contributed by atoms with Gasteiger partial charge in [0.2, 0.25) is 5.91 Å². The lowest BCUT2D eigenvalue weighted by atomic mass is 9.42. The summed E-state index contributed by atoms with van der Waals surface area (Å²) in [6.45, 7) is 2.46. The van der Waals surface area contributed by atoms with Crippen molar-refractivity contribution < 1.29 is 19.1 Å². The molecule has 1 heterocycles. The number of rotatable bonds is 5. The molecule has 0 aromatic carbocycles. The maximum Gasteiger partial charge on any atom is 0.289 e. The molecule has 4 saturated carbocycles. The smallest absolute Gasteiger partial charge is 0.289 e. The van der Waals surface area contributed by atoms with Crippen molar-refractivity contribution in [1.82, 2.24) is 10.2 Å². The van der Waals surface area contributed by atoms with Gasteiger partial charge >= 0.3 is 0 Å².